The zero-order chi connectivity index (χ0) is 22.9. The second kappa shape index (κ2) is 8.85. The van der Waals surface area contributed by atoms with Crippen LogP contribution in [0, 0.1) is 18.3 Å². The molecule has 0 amide bonds. The predicted octanol–water partition coefficient (Wildman–Crippen LogP) is 3.56. The van der Waals surface area contributed by atoms with E-state index in [0.29, 0.717) is 42.3 Å². The molecule has 0 saturated carbocycles. The van der Waals surface area contributed by atoms with E-state index in [9.17, 15) is 10.1 Å². The number of ether oxygens (including phenoxy) is 1. The summed E-state index contributed by atoms with van der Waals surface area (Å²) in [5, 5.41) is 22.2. The molecule has 8 heteroatoms. The molecule has 1 unspecified atom stereocenters. The highest BCUT2D eigenvalue weighted by molar-refractivity contribution is 5.85. The minimum Gasteiger partial charge on any atom is -0.481 e. The summed E-state index contributed by atoms with van der Waals surface area (Å²) in [6.45, 7) is 5.58. The van der Waals surface area contributed by atoms with Gasteiger partial charge in [0.1, 0.15) is 17.1 Å². The van der Waals surface area contributed by atoms with Gasteiger partial charge in [0, 0.05) is 36.9 Å². The number of carbonyl (C=O) groups is 1. The van der Waals surface area contributed by atoms with Crippen LogP contribution in [0.4, 0.5) is 5.69 Å². The Labute approximate surface area is 191 Å². The molecule has 0 spiro atoms. The Morgan fingerprint density at radius 2 is 2.18 bits per heavy atom. The largest absolute Gasteiger partial charge is 0.481 e. The van der Waals surface area contributed by atoms with E-state index in [1.54, 1.807) is 0 Å². The summed E-state index contributed by atoms with van der Waals surface area (Å²) in [7, 11) is 0. The van der Waals surface area contributed by atoms with Crippen molar-refractivity contribution >= 4 is 22.8 Å². The standard InChI is InChI=1S/C25H26N4O4/c1-15-16(3-2-4-22(15)29-9-11-32-12-10-29)25-28-21-13-18-17(19(14-26)24(21)33-25)5-6-20(18)27-8-7-23(30)31/h2-4,13,20,27H,5-12H2,1H3,(H,30,31). The normalized spacial score (nSPS) is 17.8. The smallest absolute Gasteiger partial charge is 0.304 e. The Morgan fingerprint density at radius 3 is 2.94 bits per heavy atom. The molecule has 3 aromatic rings. The molecule has 2 N–H and O–H groups in total. The molecule has 1 saturated heterocycles. The summed E-state index contributed by atoms with van der Waals surface area (Å²) in [5.41, 5.74) is 6.84. The number of hydrogen-bond acceptors (Lipinski definition) is 7. The van der Waals surface area contributed by atoms with Gasteiger partial charge < -0.3 is 24.5 Å². The molecule has 170 valence electrons. The van der Waals surface area contributed by atoms with Gasteiger partial charge in [-0.1, -0.05) is 6.07 Å². The first-order chi connectivity index (χ1) is 16.1. The second-order valence-electron chi connectivity index (χ2n) is 8.54. The van der Waals surface area contributed by atoms with Crippen LogP contribution in [0.25, 0.3) is 22.6 Å². The van der Waals surface area contributed by atoms with E-state index in [1.807, 2.05) is 18.2 Å². The lowest BCUT2D eigenvalue weighted by molar-refractivity contribution is -0.136. The zero-order valence-electron chi connectivity index (χ0n) is 18.6. The highest BCUT2D eigenvalue weighted by atomic mass is 16.5. The Morgan fingerprint density at radius 1 is 1.36 bits per heavy atom. The average molecular weight is 447 g/mol. The van der Waals surface area contributed by atoms with Gasteiger partial charge in [0.25, 0.3) is 0 Å². The van der Waals surface area contributed by atoms with Crippen molar-refractivity contribution in [3.8, 4) is 17.5 Å². The topological polar surface area (TPSA) is 112 Å². The molecule has 5 rings (SSSR count). The summed E-state index contributed by atoms with van der Waals surface area (Å²) in [6, 6.07) is 10.5. The Bertz CT molecular complexity index is 1250. The Hall–Kier alpha value is -3.41. The van der Waals surface area contributed by atoms with E-state index in [1.165, 1.54) is 0 Å². The number of fused-ring (bicyclic) bond motifs is 2. The van der Waals surface area contributed by atoms with Crippen LogP contribution in [-0.2, 0) is 16.0 Å². The molecule has 33 heavy (non-hydrogen) atoms. The van der Waals surface area contributed by atoms with Crippen LogP contribution in [0.15, 0.2) is 28.7 Å². The molecule has 1 aliphatic carbocycles. The molecular formula is C25H26N4O4. The van der Waals surface area contributed by atoms with Crippen LogP contribution in [-0.4, -0.2) is 48.9 Å². The lowest BCUT2D eigenvalue weighted by Crippen LogP contribution is -2.36. The fourth-order valence-corrected chi connectivity index (χ4v) is 4.95. The lowest BCUT2D eigenvalue weighted by Gasteiger charge is -2.30. The maximum absolute atomic E-state index is 10.9. The highest BCUT2D eigenvalue weighted by Crippen LogP contribution is 2.40. The Kier molecular flexibility index (Phi) is 5.75. The number of nitriles is 1. The number of hydrogen-bond donors (Lipinski definition) is 2. The number of nitrogens with one attached hydrogen (secondary N) is 1. The molecule has 0 radical (unpaired) electrons. The lowest BCUT2D eigenvalue weighted by atomic mass is 10.0. The first kappa shape index (κ1) is 21.4. The van der Waals surface area contributed by atoms with Crippen molar-refractivity contribution in [2.24, 2.45) is 0 Å². The first-order valence-corrected chi connectivity index (χ1v) is 11.3. The second-order valence-corrected chi connectivity index (χ2v) is 8.54. The number of aliphatic carboxylic acids is 1. The van der Waals surface area contributed by atoms with Crippen LogP contribution in [0.3, 0.4) is 0 Å². The van der Waals surface area contributed by atoms with Gasteiger partial charge in [0.05, 0.1) is 19.6 Å². The predicted molar refractivity (Wildman–Crippen MR) is 123 cm³/mol. The van der Waals surface area contributed by atoms with Gasteiger partial charge in [-0.15, -0.1) is 0 Å². The average Bonchev–Trinajstić information content (AvgIpc) is 3.42. The first-order valence-electron chi connectivity index (χ1n) is 11.3. The fraction of sp³-hybridized carbons (Fsp3) is 0.400. The summed E-state index contributed by atoms with van der Waals surface area (Å²) in [4.78, 5) is 18.0. The van der Waals surface area contributed by atoms with Gasteiger partial charge in [-0.25, -0.2) is 4.98 Å². The third kappa shape index (κ3) is 3.94. The van der Waals surface area contributed by atoms with Gasteiger partial charge in [-0.2, -0.15) is 5.26 Å². The van der Waals surface area contributed by atoms with Crippen LogP contribution < -0.4 is 10.2 Å². The molecule has 2 aliphatic rings. The van der Waals surface area contributed by atoms with Gasteiger partial charge in [-0.05, 0) is 54.7 Å². The summed E-state index contributed by atoms with van der Waals surface area (Å²) < 4.78 is 11.7. The zero-order valence-corrected chi connectivity index (χ0v) is 18.6. The Balaban J connectivity index is 1.52. The van der Waals surface area contributed by atoms with Crippen molar-refractivity contribution < 1.29 is 19.1 Å². The van der Waals surface area contributed by atoms with Crippen LogP contribution in [0.2, 0.25) is 0 Å². The van der Waals surface area contributed by atoms with E-state index in [-0.39, 0.29) is 12.5 Å². The summed E-state index contributed by atoms with van der Waals surface area (Å²) >= 11 is 0. The minimum atomic E-state index is -0.829. The van der Waals surface area contributed by atoms with E-state index in [4.69, 9.17) is 19.2 Å². The van der Waals surface area contributed by atoms with Crippen molar-refractivity contribution in [2.75, 3.05) is 37.7 Å². The highest BCUT2D eigenvalue weighted by Gasteiger charge is 2.29. The van der Waals surface area contributed by atoms with Gasteiger partial charge in [-0.3, -0.25) is 4.79 Å². The minimum absolute atomic E-state index is 0.0161. The molecule has 1 aromatic heterocycles. The number of aromatic nitrogens is 1. The number of morpholine rings is 1. The van der Waals surface area contributed by atoms with E-state index in [0.717, 1.165) is 53.9 Å². The summed E-state index contributed by atoms with van der Waals surface area (Å²) in [5.74, 6) is -0.321. The molecule has 8 nitrogen and oxygen atoms in total. The quantitative estimate of drug-likeness (QED) is 0.591. The maximum atomic E-state index is 10.9. The third-order valence-corrected chi connectivity index (χ3v) is 6.61. The van der Waals surface area contributed by atoms with Crippen LogP contribution >= 0.6 is 0 Å². The monoisotopic (exact) mass is 446 g/mol. The number of carboxylic acids is 1. The molecular weight excluding hydrogens is 420 g/mol. The van der Waals surface area contributed by atoms with Gasteiger partial charge >= 0.3 is 5.97 Å². The van der Waals surface area contributed by atoms with Crippen molar-refractivity contribution in [3.63, 3.8) is 0 Å². The molecule has 1 fully saturated rings. The number of rotatable bonds is 6. The van der Waals surface area contributed by atoms with Gasteiger partial charge in [0.15, 0.2) is 5.58 Å². The van der Waals surface area contributed by atoms with E-state index >= 15 is 0 Å². The van der Waals surface area contributed by atoms with Crippen molar-refractivity contribution in [1.82, 2.24) is 10.3 Å². The molecule has 0 bridgehead atoms. The van der Waals surface area contributed by atoms with Gasteiger partial charge in [0.2, 0.25) is 5.89 Å². The third-order valence-electron chi connectivity index (χ3n) is 6.61. The number of anilines is 1. The SMILES string of the molecule is Cc1c(-c2nc3cc4c(c(C#N)c3o2)CCC4NCCC(=O)O)cccc1N1CCOCC1. The van der Waals surface area contributed by atoms with Crippen LogP contribution in [0.1, 0.15) is 41.1 Å². The number of nitrogens with zero attached hydrogens (tertiary/aromatic N) is 3. The van der Waals surface area contributed by atoms with Crippen molar-refractivity contribution in [1.29, 1.82) is 5.26 Å². The van der Waals surface area contributed by atoms with Crippen LogP contribution in [0.5, 0.6) is 0 Å². The fourth-order valence-electron chi connectivity index (χ4n) is 4.95. The number of oxazole rings is 1. The van der Waals surface area contributed by atoms with Crippen molar-refractivity contribution in [3.05, 3.63) is 46.5 Å². The molecule has 2 aromatic carbocycles. The molecule has 2 heterocycles. The van der Waals surface area contributed by atoms with Crippen molar-refractivity contribution in [2.45, 2.75) is 32.2 Å². The van der Waals surface area contributed by atoms with E-state index < -0.39 is 5.97 Å². The molecule has 1 aliphatic heterocycles. The molecule has 1 atom stereocenters. The number of carboxylic acid groups (broad SMARTS) is 1. The maximum Gasteiger partial charge on any atom is 0.304 e. The summed E-state index contributed by atoms with van der Waals surface area (Å²) in [6.07, 6.45) is 1.64. The number of benzene rings is 2. The van der Waals surface area contributed by atoms with E-state index in [2.05, 4.69) is 29.3 Å².